The molecule has 0 spiro atoms. The molecule has 0 amide bonds. The van der Waals surface area contributed by atoms with E-state index in [2.05, 4.69) is 0 Å². The van der Waals surface area contributed by atoms with Crippen LogP contribution in [0.3, 0.4) is 0 Å². The molecule has 1 aromatic rings. The van der Waals surface area contributed by atoms with Crippen LogP contribution in [-0.2, 0) is 20.5 Å². The van der Waals surface area contributed by atoms with Crippen LogP contribution in [0.15, 0.2) is 30.3 Å². The number of halogens is 3. The highest BCUT2D eigenvalue weighted by Crippen LogP contribution is 2.34. The zero-order valence-corrected chi connectivity index (χ0v) is 12.2. The molecule has 1 aromatic carbocycles. The van der Waals surface area contributed by atoms with E-state index < -0.39 is 28.0 Å². The first-order valence-corrected chi connectivity index (χ1v) is 8.22. The molecule has 2 rings (SSSR count). The minimum absolute atomic E-state index is 0.374. The van der Waals surface area contributed by atoms with Gasteiger partial charge in [-0.1, -0.05) is 18.2 Å². The summed E-state index contributed by atoms with van der Waals surface area (Å²) in [7, 11) is -3.51. The van der Waals surface area contributed by atoms with Crippen molar-refractivity contribution >= 4 is 15.7 Å². The number of alkyl halides is 3. The second kappa shape index (κ2) is 5.81. The molecular weight excluding hydrogens is 305 g/mol. The molecule has 0 N–H and O–H groups in total. The summed E-state index contributed by atoms with van der Waals surface area (Å²) in [5.41, 5.74) is 0.618. The molecule has 21 heavy (non-hydrogen) atoms. The van der Waals surface area contributed by atoms with Crippen molar-refractivity contribution in [1.29, 1.82) is 0 Å². The summed E-state index contributed by atoms with van der Waals surface area (Å²) < 4.78 is 65.0. The largest absolute Gasteiger partial charge is 0.416 e. The third-order valence-corrected chi connectivity index (χ3v) is 3.86. The molecule has 0 bridgehead atoms. The predicted molar refractivity (Wildman–Crippen MR) is 73.0 cm³/mol. The van der Waals surface area contributed by atoms with Crippen molar-refractivity contribution < 1.29 is 25.8 Å². The Labute approximate surface area is 121 Å². The van der Waals surface area contributed by atoms with Crippen LogP contribution in [0.25, 0.3) is 5.57 Å². The van der Waals surface area contributed by atoms with E-state index >= 15 is 0 Å². The Morgan fingerprint density at radius 2 is 2.00 bits per heavy atom. The second-order valence-corrected chi connectivity index (χ2v) is 6.61. The smallest absolute Gasteiger partial charge is 0.267 e. The zero-order valence-electron chi connectivity index (χ0n) is 11.4. The minimum atomic E-state index is -4.37. The molecule has 3 nitrogen and oxygen atoms in total. The number of benzene rings is 1. The van der Waals surface area contributed by atoms with E-state index in [1.54, 1.807) is 12.1 Å². The summed E-state index contributed by atoms with van der Waals surface area (Å²) in [5.74, 6) is 0. The Balaban J connectivity index is 2.14. The predicted octanol–water partition coefficient (Wildman–Crippen LogP) is 3.62. The fraction of sp³-hybridized carbons (Fsp3) is 0.429. The number of hydrogen-bond donors (Lipinski definition) is 0. The Hall–Kier alpha value is -1.34. The molecule has 0 heterocycles. The molecule has 0 radical (unpaired) electrons. The molecular formula is C14H15F3O3S. The van der Waals surface area contributed by atoms with Crippen molar-refractivity contribution in [3.63, 3.8) is 0 Å². The number of hydrogen-bond acceptors (Lipinski definition) is 3. The van der Waals surface area contributed by atoms with Gasteiger partial charge in [-0.15, -0.1) is 0 Å². The van der Waals surface area contributed by atoms with Gasteiger partial charge in [0.2, 0.25) is 0 Å². The van der Waals surface area contributed by atoms with Crippen molar-refractivity contribution in [3.05, 3.63) is 41.5 Å². The summed E-state index contributed by atoms with van der Waals surface area (Å²) in [6.45, 7) is 0. The number of allylic oxidation sites excluding steroid dienone is 1. The van der Waals surface area contributed by atoms with Gasteiger partial charge in [0.25, 0.3) is 10.1 Å². The van der Waals surface area contributed by atoms with Crippen molar-refractivity contribution in [3.8, 4) is 0 Å². The maximum Gasteiger partial charge on any atom is 0.416 e. The molecule has 0 fully saturated rings. The van der Waals surface area contributed by atoms with Gasteiger partial charge in [-0.2, -0.15) is 21.6 Å². The fourth-order valence-corrected chi connectivity index (χ4v) is 2.97. The highest BCUT2D eigenvalue weighted by atomic mass is 32.2. The Kier molecular flexibility index (Phi) is 4.43. The lowest BCUT2D eigenvalue weighted by Crippen LogP contribution is -2.19. The molecule has 1 atom stereocenters. The van der Waals surface area contributed by atoms with E-state index in [9.17, 15) is 21.6 Å². The van der Waals surface area contributed by atoms with Crippen molar-refractivity contribution in [2.75, 3.05) is 6.26 Å². The summed E-state index contributed by atoms with van der Waals surface area (Å²) in [6, 6.07) is 5.14. The van der Waals surface area contributed by atoms with Gasteiger partial charge in [0.05, 0.1) is 17.9 Å². The Morgan fingerprint density at radius 1 is 1.29 bits per heavy atom. The van der Waals surface area contributed by atoms with E-state index in [-0.39, 0.29) is 0 Å². The average molecular weight is 320 g/mol. The maximum absolute atomic E-state index is 12.7. The van der Waals surface area contributed by atoms with Gasteiger partial charge in [-0.05, 0) is 42.5 Å². The summed E-state index contributed by atoms with van der Waals surface area (Å²) in [6.07, 6.45) is -0.745. The molecule has 7 heteroatoms. The van der Waals surface area contributed by atoms with Crippen LogP contribution >= 0.6 is 0 Å². The molecule has 0 unspecified atom stereocenters. The van der Waals surface area contributed by atoms with E-state index in [1.807, 2.05) is 0 Å². The first-order chi connectivity index (χ1) is 9.65. The maximum atomic E-state index is 12.7. The fourth-order valence-electron chi connectivity index (χ4n) is 2.30. The molecule has 0 aromatic heterocycles. The molecule has 1 aliphatic carbocycles. The topological polar surface area (TPSA) is 43.4 Å². The van der Waals surface area contributed by atoms with Crippen LogP contribution < -0.4 is 0 Å². The van der Waals surface area contributed by atoms with Gasteiger partial charge >= 0.3 is 6.18 Å². The first-order valence-electron chi connectivity index (χ1n) is 6.40. The van der Waals surface area contributed by atoms with Crippen LogP contribution in [0.2, 0.25) is 0 Å². The lowest BCUT2D eigenvalue weighted by atomic mass is 9.91. The van der Waals surface area contributed by atoms with Crippen LogP contribution in [0.5, 0.6) is 0 Å². The SMILES string of the molecule is CS(=O)(=O)O[C@@H]1CC=C(c2cccc(C(F)(F)F)c2)CC1. The van der Waals surface area contributed by atoms with Gasteiger partial charge in [-0.25, -0.2) is 0 Å². The molecule has 116 valence electrons. The van der Waals surface area contributed by atoms with Gasteiger partial charge < -0.3 is 0 Å². The van der Waals surface area contributed by atoms with E-state index in [0.717, 1.165) is 24.0 Å². The van der Waals surface area contributed by atoms with Gasteiger partial charge in [0.15, 0.2) is 0 Å². The van der Waals surface area contributed by atoms with Crippen LogP contribution in [0.4, 0.5) is 13.2 Å². The van der Waals surface area contributed by atoms with Crippen LogP contribution in [-0.4, -0.2) is 20.8 Å². The molecule has 0 saturated carbocycles. The summed E-state index contributed by atoms with van der Waals surface area (Å²) in [4.78, 5) is 0. The first kappa shape index (κ1) is 16.0. The monoisotopic (exact) mass is 320 g/mol. The van der Waals surface area contributed by atoms with E-state index in [1.165, 1.54) is 6.07 Å². The third-order valence-electron chi connectivity index (χ3n) is 3.23. The third kappa shape index (κ3) is 4.57. The van der Waals surface area contributed by atoms with Crippen LogP contribution in [0.1, 0.15) is 30.4 Å². The average Bonchev–Trinajstić information content (AvgIpc) is 2.37. The number of rotatable bonds is 3. The van der Waals surface area contributed by atoms with Gasteiger partial charge in [0.1, 0.15) is 0 Å². The molecule has 1 aliphatic rings. The van der Waals surface area contributed by atoms with Gasteiger partial charge in [-0.3, -0.25) is 4.18 Å². The van der Waals surface area contributed by atoms with Crippen molar-refractivity contribution in [1.82, 2.24) is 0 Å². The van der Waals surface area contributed by atoms with Crippen LogP contribution in [0, 0.1) is 0 Å². The highest BCUT2D eigenvalue weighted by molar-refractivity contribution is 7.86. The molecule has 0 aliphatic heterocycles. The normalized spacial score (nSPS) is 20.2. The summed E-state index contributed by atoms with van der Waals surface area (Å²) in [5, 5.41) is 0. The second-order valence-electron chi connectivity index (χ2n) is 5.00. The van der Waals surface area contributed by atoms with Gasteiger partial charge in [0, 0.05) is 0 Å². The van der Waals surface area contributed by atoms with Crippen molar-refractivity contribution in [2.24, 2.45) is 0 Å². The Morgan fingerprint density at radius 3 is 2.52 bits per heavy atom. The summed E-state index contributed by atoms with van der Waals surface area (Å²) >= 11 is 0. The van der Waals surface area contributed by atoms with Crippen molar-refractivity contribution in [2.45, 2.75) is 31.5 Å². The van der Waals surface area contributed by atoms with E-state index in [0.29, 0.717) is 24.8 Å². The Bertz CT molecular complexity index is 648. The minimum Gasteiger partial charge on any atom is -0.267 e. The highest BCUT2D eigenvalue weighted by Gasteiger charge is 2.30. The quantitative estimate of drug-likeness (QED) is 0.799. The standard InChI is InChI=1S/C14H15F3O3S/c1-21(18,19)20-13-7-5-10(6-8-13)11-3-2-4-12(9-11)14(15,16)17/h2-5,9,13H,6-8H2,1H3/t13-/m1/s1. The molecule has 0 saturated heterocycles. The zero-order chi connectivity index (χ0) is 15.7. The lowest BCUT2D eigenvalue weighted by molar-refractivity contribution is -0.137. The lowest BCUT2D eigenvalue weighted by Gasteiger charge is -2.21. The van der Waals surface area contributed by atoms with E-state index in [4.69, 9.17) is 4.18 Å².